The first kappa shape index (κ1) is 18.2. The Morgan fingerprint density at radius 1 is 1.52 bits per heavy atom. The SMILES string of the molecule is CCP(=O)(O)CCCC1=CC(NC(=O)OC(C)(C)C)CC1. The van der Waals surface area contributed by atoms with Crippen molar-refractivity contribution in [3.63, 3.8) is 0 Å². The van der Waals surface area contributed by atoms with Crippen molar-refractivity contribution >= 4 is 13.5 Å². The topological polar surface area (TPSA) is 75.6 Å². The molecule has 1 aliphatic carbocycles. The van der Waals surface area contributed by atoms with Gasteiger partial charge in [0.1, 0.15) is 5.60 Å². The van der Waals surface area contributed by atoms with Crippen LogP contribution in [0.15, 0.2) is 11.6 Å². The molecule has 0 bridgehead atoms. The van der Waals surface area contributed by atoms with Gasteiger partial charge < -0.3 is 14.9 Å². The third-order valence-electron chi connectivity index (χ3n) is 3.42. The van der Waals surface area contributed by atoms with Crippen LogP contribution in [0.5, 0.6) is 0 Å². The number of carbonyl (C=O) groups is 1. The summed E-state index contributed by atoms with van der Waals surface area (Å²) in [5.41, 5.74) is 0.768. The molecule has 1 rings (SSSR count). The second-order valence-electron chi connectivity index (χ2n) is 6.61. The summed E-state index contributed by atoms with van der Waals surface area (Å²) in [6.45, 7) is 7.26. The van der Waals surface area contributed by atoms with Crippen molar-refractivity contribution in [2.45, 2.75) is 65.0 Å². The molecule has 0 saturated heterocycles. The monoisotopic (exact) mass is 317 g/mol. The van der Waals surface area contributed by atoms with E-state index in [1.165, 1.54) is 5.57 Å². The van der Waals surface area contributed by atoms with Crippen LogP contribution < -0.4 is 5.32 Å². The van der Waals surface area contributed by atoms with Crippen molar-refractivity contribution in [3.8, 4) is 0 Å². The van der Waals surface area contributed by atoms with Gasteiger partial charge in [0.25, 0.3) is 0 Å². The molecular formula is C15H28NO4P. The second kappa shape index (κ2) is 7.46. The number of allylic oxidation sites excluding steroid dienone is 1. The second-order valence-corrected chi connectivity index (χ2v) is 9.38. The summed E-state index contributed by atoms with van der Waals surface area (Å²) in [5, 5.41) is 2.84. The fraction of sp³-hybridized carbons (Fsp3) is 0.800. The van der Waals surface area contributed by atoms with E-state index in [2.05, 4.69) is 11.4 Å². The maximum Gasteiger partial charge on any atom is 0.408 e. The molecule has 6 heteroatoms. The van der Waals surface area contributed by atoms with E-state index in [4.69, 9.17) is 4.74 Å². The van der Waals surface area contributed by atoms with Crippen LogP contribution in [0.4, 0.5) is 4.79 Å². The standard InChI is InChI=1S/C15H28NO4P/c1-5-21(18,19)10-6-7-12-8-9-13(11-12)16-14(17)20-15(2,3)4/h11,13H,5-10H2,1-4H3,(H,16,17)(H,18,19). The van der Waals surface area contributed by atoms with E-state index in [1.54, 1.807) is 6.92 Å². The van der Waals surface area contributed by atoms with Gasteiger partial charge in [0.2, 0.25) is 0 Å². The summed E-state index contributed by atoms with van der Waals surface area (Å²) in [4.78, 5) is 21.2. The van der Waals surface area contributed by atoms with Gasteiger partial charge in [0, 0.05) is 12.3 Å². The number of ether oxygens (including phenoxy) is 1. The minimum Gasteiger partial charge on any atom is -0.444 e. The molecule has 1 amide bonds. The van der Waals surface area contributed by atoms with Crippen LogP contribution in [0.1, 0.15) is 53.4 Å². The number of nitrogens with one attached hydrogen (secondary N) is 1. The molecule has 2 unspecified atom stereocenters. The molecule has 2 atom stereocenters. The van der Waals surface area contributed by atoms with E-state index in [0.29, 0.717) is 12.3 Å². The third-order valence-corrected chi connectivity index (χ3v) is 5.42. The average Bonchev–Trinajstić information content (AvgIpc) is 2.74. The predicted molar refractivity (Wildman–Crippen MR) is 84.9 cm³/mol. The van der Waals surface area contributed by atoms with Crippen molar-refractivity contribution in [2.24, 2.45) is 0 Å². The summed E-state index contributed by atoms with van der Waals surface area (Å²) in [7, 11) is -2.91. The van der Waals surface area contributed by atoms with Crippen LogP contribution in [0, 0.1) is 0 Å². The molecule has 0 aromatic rings. The average molecular weight is 317 g/mol. The van der Waals surface area contributed by atoms with Crippen molar-refractivity contribution in [2.75, 3.05) is 12.3 Å². The lowest BCUT2D eigenvalue weighted by Gasteiger charge is -2.21. The van der Waals surface area contributed by atoms with E-state index in [0.717, 1.165) is 25.7 Å². The Bertz CT molecular complexity index is 439. The molecule has 2 N–H and O–H groups in total. The normalized spacial score (nSPS) is 21.6. The lowest BCUT2D eigenvalue weighted by Crippen LogP contribution is -2.37. The molecule has 0 aliphatic heterocycles. The number of hydrogen-bond donors (Lipinski definition) is 2. The first-order valence-electron chi connectivity index (χ1n) is 7.61. The highest BCUT2D eigenvalue weighted by Gasteiger charge is 2.22. The summed E-state index contributed by atoms with van der Waals surface area (Å²) in [6.07, 6.45) is 5.75. The number of carbonyl (C=O) groups excluding carboxylic acids is 1. The zero-order valence-corrected chi connectivity index (χ0v) is 14.4. The first-order chi connectivity index (χ1) is 9.61. The quantitative estimate of drug-likeness (QED) is 0.579. The molecule has 0 heterocycles. The molecule has 21 heavy (non-hydrogen) atoms. The number of alkyl carbamates (subject to hydrolysis) is 1. The van der Waals surface area contributed by atoms with E-state index in [-0.39, 0.29) is 6.04 Å². The maximum absolute atomic E-state index is 11.7. The zero-order chi connectivity index (χ0) is 16.1. The molecular weight excluding hydrogens is 289 g/mol. The van der Waals surface area contributed by atoms with Crippen LogP contribution in [0.3, 0.4) is 0 Å². The van der Waals surface area contributed by atoms with Gasteiger partial charge in [0.05, 0.1) is 6.04 Å². The predicted octanol–water partition coefficient (Wildman–Crippen LogP) is 3.67. The molecule has 0 fully saturated rings. The van der Waals surface area contributed by atoms with E-state index in [9.17, 15) is 14.3 Å². The van der Waals surface area contributed by atoms with Crippen LogP contribution in [0.2, 0.25) is 0 Å². The Morgan fingerprint density at radius 3 is 2.76 bits per heavy atom. The molecule has 0 radical (unpaired) electrons. The maximum atomic E-state index is 11.7. The highest BCUT2D eigenvalue weighted by atomic mass is 31.2. The smallest absolute Gasteiger partial charge is 0.408 e. The molecule has 1 aliphatic rings. The van der Waals surface area contributed by atoms with Gasteiger partial charge in [-0.1, -0.05) is 18.6 Å². The Morgan fingerprint density at radius 2 is 2.19 bits per heavy atom. The molecule has 5 nitrogen and oxygen atoms in total. The number of rotatable bonds is 6. The van der Waals surface area contributed by atoms with Gasteiger partial charge in [-0.15, -0.1) is 0 Å². The fourth-order valence-corrected chi connectivity index (χ4v) is 3.25. The first-order valence-corrected chi connectivity index (χ1v) is 9.64. The zero-order valence-electron chi connectivity index (χ0n) is 13.5. The minimum absolute atomic E-state index is 0.0157. The van der Waals surface area contributed by atoms with Crippen molar-refractivity contribution < 1.29 is 19.0 Å². The molecule has 0 aromatic carbocycles. The summed E-state index contributed by atoms with van der Waals surface area (Å²) < 4.78 is 16.8. The van der Waals surface area contributed by atoms with Crippen LogP contribution in [-0.4, -0.2) is 35.0 Å². The highest BCUT2D eigenvalue weighted by molar-refractivity contribution is 7.57. The van der Waals surface area contributed by atoms with Gasteiger partial charge in [-0.2, -0.15) is 0 Å². The summed E-state index contributed by atoms with van der Waals surface area (Å²) in [6, 6.07) is 0.0157. The van der Waals surface area contributed by atoms with Crippen LogP contribution >= 0.6 is 7.37 Å². The molecule has 0 aromatic heterocycles. The third kappa shape index (κ3) is 7.68. The van der Waals surface area contributed by atoms with Crippen LogP contribution in [-0.2, 0) is 9.30 Å². The van der Waals surface area contributed by atoms with E-state index < -0.39 is 19.1 Å². The largest absolute Gasteiger partial charge is 0.444 e. The van der Waals surface area contributed by atoms with Crippen LogP contribution in [0.25, 0.3) is 0 Å². The van der Waals surface area contributed by atoms with Gasteiger partial charge in [0.15, 0.2) is 7.37 Å². The van der Waals surface area contributed by atoms with Crippen molar-refractivity contribution in [1.82, 2.24) is 5.32 Å². The molecule has 0 spiro atoms. The Balaban J connectivity index is 2.34. The van der Waals surface area contributed by atoms with Crippen molar-refractivity contribution in [1.29, 1.82) is 0 Å². The van der Waals surface area contributed by atoms with Gasteiger partial charge in [-0.3, -0.25) is 4.57 Å². The van der Waals surface area contributed by atoms with Gasteiger partial charge in [-0.05, 0) is 46.5 Å². The lowest BCUT2D eigenvalue weighted by molar-refractivity contribution is 0.0514. The number of hydrogen-bond acceptors (Lipinski definition) is 3. The van der Waals surface area contributed by atoms with Gasteiger partial charge >= 0.3 is 6.09 Å². The Hall–Kier alpha value is -0.800. The van der Waals surface area contributed by atoms with E-state index >= 15 is 0 Å². The molecule has 0 saturated carbocycles. The Labute approximate surface area is 127 Å². The van der Waals surface area contributed by atoms with Gasteiger partial charge in [-0.25, -0.2) is 4.79 Å². The molecule has 122 valence electrons. The Kier molecular flexibility index (Phi) is 6.48. The van der Waals surface area contributed by atoms with Crippen molar-refractivity contribution in [3.05, 3.63) is 11.6 Å². The lowest BCUT2D eigenvalue weighted by atomic mass is 10.1. The highest BCUT2D eigenvalue weighted by Crippen LogP contribution is 2.41. The minimum atomic E-state index is -2.91. The fourth-order valence-electron chi connectivity index (χ4n) is 2.28. The summed E-state index contributed by atoms with van der Waals surface area (Å²) in [5.74, 6) is 0. The number of amides is 1. The van der Waals surface area contributed by atoms with E-state index in [1.807, 2.05) is 20.8 Å². The summed E-state index contributed by atoms with van der Waals surface area (Å²) >= 11 is 0.